The van der Waals surface area contributed by atoms with Crippen LogP contribution in [-0.2, 0) is 17.8 Å². The van der Waals surface area contributed by atoms with Gasteiger partial charge >= 0.3 is 0 Å². The Balaban J connectivity index is 1.72. The van der Waals surface area contributed by atoms with Gasteiger partial charge in [0.05, 0.1) is 20.2 Å². The van der Waals surface area contributed by atoms with Crippen LogP contribution in [0.5, 0.6) is 5.75 Å². The van der Waals surface area contributed by atoms with Gasteiger partial charge in [-0.05, 0) is 12.1 Å². The van der Waals surface area contributed by atoms with E-state index in [0.29, 0.717) is 6.54 Å². The number of fused-ring (bicyclic) bond motifs is 1. The summed E-state index contributed by atoms with van der Waals surface area (Å²) in [5.41, 5.74) is 0.953. The first-order valence-corrected chi connectivity index (χ1v) is 8.07. The van der Waals surface area contributed by atoms with Crippen LogP contribution in [0.4, 0.5) is 0 Å². The molecule has 2 aromatic rings. The molecule has 1 amide bonds. The van der Waals surface area contributed by atoms with Crippen molar-refractivity contribution < 1.29 is 9.53 Å². The number of methoxy groups -OCH3 is 1. The zero-order valence-electron chi connectivity index (χ0n) is 14.4. The van der Waals surface area contributed by atoms with Gasteiger partial charge < -0.3 is 9.64 Å². The van der Waals surface area contributed by atoms with Crippen LogP contribution < -0.4 is 4.74 Å². The predicted octanol–water partition coefficient (Wildman–Crippen LogP) is 0.900. The fraction of sp³-hybridized carbons (Fsp3) is 0.471. The number of hydrogen-bond donors (Lipinski definition) is 0. The molecule has 0 saturated heterocycles. The minimum Gasteiger partial charge on any atom is -0.497 e. The Bertz CT molecular complexity index is 700. The molecule has 0 N–H and O–H groups in total. The molecule has 128 valence electrons. The van der Waals surface area contributed by atoms with Crippen LogP contribution in [0, 0.1) is 0 Å². The van der Waals surface area contributed by atoms with Crippen LogP contribution in [0.15, 0.2) is 24.3 Å². The Kier molecular flexibility index (Phi) is 4.80. The predicted molar refractivity (Wildman–Crippen MR) is 90.8 cm³/mol. The lowest BCUT2D eigenvalue weighted by Gasteiger charge is -2.20. The molecule has 1 aromatic carbocycles. The highest BCUT2D eigenvalue weighted by molar-refractivity contribution is 5.77. The van der Waals surface area contributed by atoms with Crippen molar-refractivity contribution in [1.82, 2.24) is 24.6 Å². The second kappa shape index (κ2) is 7.00. The Morgan fingerprint density at radius 1 is 1.29 bits per heavy atom. The van der Waals surface area contributed by atoms with E-state index in [4.69, 9.17) is 4.74 Å². The van der Waals surface area contributed by atoms with Gasteiger partial charge in [-0.1, -0.05) is 12.1 Å². The molecule has 0 aliphatic carbocycles. The Morgan fingerprint density at radius 2 is 2.12 bits per heavy atom. The van der Waals surface area contributed by atoms with Crippen LogP contribution in [0.25, 0.3) is 11.4 Å². The highest BCUT2D eigenvalue weighted by Gasteiger charge is 2.20. The summed E-state index contributed by atoms with van der Waals surface area (Å²) in [5.74, 6) is 2.61. The lowest BCUT2D eigenvalue weighted by atomic mass is 10.2. The molecule has 3 rings (SSSR count). The van der Waals surface area contributed by atoms with E-state index in [0.717, 1.165) is 49.0 Å². The summed E-state index contributed by atoms with van der Waals surface area (Å²) in [6.45, 7) is 2.80. The molecule has 1 aliphatic heterocycles. The van der Waals surface area contributed by atoms with E-state index < -0.39 is 0 Å². The van der Waals surface area contributed by atoms with Crippen LogP contribution in [0.2, 0.25) is 0 Å². The summed E-state index contributed by atoms with van der Waals surface area (Å²) < 4.78 is 7.22. The van der Waals surface area contributed by atoms with Crippen LogP contribution in [0.1, 0.15) is 5.82 Å². The maximum atomic E-state index is 11.9. The van der Waals surface area contributed by atoms with Crippen molar-refractivity contribution in [2.75, 3.05) is 40.8 Å². The Morgan fingerprint density at radius 3 is 2.88 bits per heavy atom. The normalized spacial score (nSPS) is 14.8. The Hall–Kier alpha value is -2.41. The number of carbonyl (C=O) groups is 1. The zero-order chi connectivity index (χ0) is 17.1. The van der Waals surface area contributed by atoms with E-state index in [2.05, 4.69) is 15.0 Å². The van der Waals surface area contributed by atoms with Gasteiger partial charge in [0.15, 0.2) is 5.82 Å². The van der Waals surface area contributed by atoms with E-state index in [9.17, 15) is 4.79 Å². The number of amides is 1. The molecular formula is C17H23N5O2. The van der Waals surface area contributed by atoms with Gasteiger partial charge in [-0.3, -0.25) is 9.69 Å². The zero-order valence-corrected chi connectivity index (χ0v) is 14.4. The first-order valence-electron chi connectivity index (χ1n) is 8.07. The molecule has 0 atom stereocenters. The van der Waals surface area contributed by atoms with Crippen molar-refractivity contribution in [3.05, 3.63) is 30.1 Å². The van der Waals surface area contributed by atoms with Crippen molar-refractivity contribution in [3.63, 3.8) is 0 Å². The lowest BCUT2D eigenvalue weighted by molar-refractivity contribution is -0.129. The molecule has 0 spiro atoms. The summed E-state index contributed by atoms with van der Waals surface area (Å²) in [6, 6.07) is 7.77. The van der Waals surface area contributed by atoms with E-state index in [-0.39, 0.29) is 5.91 Å². The molecule has 2 heterocycles. The standard InChI is InChI=1S/C17H23N5O2/c1-20(2)16(23)12-21-8-7-15-18-17(19-22(15)10-9-21)13-5-4-6-14(11-13)24-3/h4-6,11H,7-10,12H2,1-3H3. The summed E-state index contributed by atoms with van der Waals surface area (Å²) in [4.78, 5) is 20.3. The van der Waals surface area contributed by atoms with Crippen molar-refractivity contribution >= 4 is 5.91 Å². The number of likely N-dealkylation sites (N-methyl/N-ethyl adjacent to an activating group) is 1. The van der Waals surface area contributed by atoms with Crippen LogP contribution >= 0.6 is 0 Å². The summed E-state index contributed by atoms with van der Waals surface area (Å²) in [6.07, 6.45) is 0.789. The number of aromatic nitrogens is 3. The monoisotopic (exact) mass is 329 g/mol. The SMILES string of the molecule is COc1cccc(-c2nc3n(n2)CCN(CC(=O)N(C)C)CC3)c1. The lowest BCUT2D eigenvalue weighted by Crippen LogP contribution is -2.38. The maximum absolute atomic E-state index is 11.9. The van der Waals surface area contributed by atoms with Crippen molar-refractivity contribution in [2.45, 2.75) is 13.0 Å². The molecule has 0 radical (unpaired) electrons. The number of benzene rings is 1. The van der Waals surface area contributed by atoms with E-state index in [1.165, 1.54) is 0 Å². The van der Waals surface area contributed by atoms with Gasteiger partial charge in [0.25, 0.3) is 0 Å². The summed E-state index contributed by atoms with van der Waals surface area (Å²) in [5, 5.41) is 4.63. The average molecular weight is 329 g/mol. The molecule has 0 saturated carbocycles. The molecule has 0 fully saturated rings. The van der Waals surface area contributed by atoms with E-state index in [1.54, 1.807) is 26.1 Å². The summed E-state index contributed by atoms with van der Waals surface area (Å²) >= 11 is 0. The molecule has 1 aliphatic rings. The van der Waals surface area contributed by atoms with E-state index in [1.807, 2.05) is 28.9 Å². The maximum Gasteiger partial charge on any atom is 0.236 e. The van der Waals surface area contributed by atoms with E-state index >= 15 is 0 Å². The third kappa shape index (κ3) is 3.56. The van der Waals surface area contributed by atoms with Crippen molar-refractivity contribution in [3.8, 4) is 17.1 Å². The number of ether oxygens (including phenoxy) is 1. The largest absolute Gasteiger partial charge is 0.497 e. The van der Waals surface area contributed by atoms with Gasteiger partial charge in [-0.2, -0.15) is 5.10 Å². The molecular weight excluding hydrogens is 306 g/mol. The first kappa shape index (κ1) is 16.4. The highest BCUT2D eigenvalue weighted by atomic mass is 16.5. The van der Waals surface area contributed by atoms with Gasteiger partial charge in [-0.25, -0.2) is 9.67 Å². The fourth-order valence-corrected chi connectivity index (χ4v) is 2.72. The Labute approximate surface area is 141 Å². The molecule has 1 aromatic heterocycles. The molecule has 7 nitrogen and oxygen atoms in total. The molecule has 24 heavy (non-hydrogen) atoms. The van der Waals surface area contributed by atoms with Gasteiger partial charge in [-0.15, -0.1) is 0 Å². The van der Waals surface area contributed by atoms with Crippen LogP contribution in [-0.4, -0.2) is 71.3 Å². The minimum atomic E-state index is 0.125. The second-order valence-electron chi connectivity index (χ2n) is 6.12. The number of nitrogens with zero attached hydrogens (tertiary/aromatic N) is 5. The van der Waals surface area contributed by atoms with Crippen molar-refractivity contribution in [1.29, 1.82) is 0 Å². The van der Waals surface area contributed by atoms with Gasteiger partial charge in [0.2, 0.25) is 5.91 Å². The quantitative estimate of drug-likeness (QED) is 0.834. The topological polar surface area (TPSA) is 63.5 Å². The minimum absolute atomic E-state index is 0.125. The number of hydrogen-bond acceptors (Lipinski definition) is 5. The molecule has 0 bridgehead atoms. The molecule has 7 heteroatoms. The van der Waals surface area contributed by atoms with Gasteiger partial charge in [0, 0.05) is 39.2 Å². The fourth-order valence-electron chi connectivity index (χ4n) is 2.72. The smallest absolute Gasteiger partial charge is 0.236 e. The molecule has 0 unspecified atom stereocenters. The van der Waals surface area contributed by atoms with Gasteiger partial charge in [0.1, 0.15) is 11.6 Å². The van der Waals surface area contributed by atoms with Crippen LogP contribution in [0.3, 0.4) is 0 Å². The third-order valence-electron chi connectivity index (χ3n) is 4.21. The number of rotatable bonds is 4. The average Bonchev–Trinajstić information content (AvgIpc) is 2.91. The summed E-state index contributed by atoms with van der Waals surface area (Å²) in [7, 11) is 5.22. The van der Waals surface area contributed by atoms with Crippen molar-refractivity contribution in [2.24, 2.45) is 0 Å². The third-order valence-corrected chi connectivity index (χ3v) is 4.21. The highest BCUT2D eigenvalue weighted by Crippen LogP contribution is 2.22. The second-order valence-corrected chi connectivity index (χ2v) is 6.12. The number of carbonyl (C=O) groups excluding carboxylic acids is 1. The first-order chi connectivity index (χ1) is 11.6.